The molecule has 0 aromatic heterocycles. The van der Waals surface area contributed by atoms with Crippen molar-refractivity contribution in [3.8, 4) is 0 Å². The largest absolute Gasteiger partial charge is 0.372 e. The fourth-order valence-electron chi connectivity index (χ4n) is 9.15. The molecular weight excluding hydrogens is 905 g/mol. The second kappa shape index (κ2) is 21.0. The van der Waals surface area contributed by atoms with Gasteiger partial charge >= 0.3 is 0 Å². The summed E-state index contributed by atoms with van der Waals surface area (Å²) in [6, 6.07) is 20.1. The van der Waals surface area contributed by atoms with Crippen LogP contribution in [0.5, 0.6) is 0 Å². The standard InChI is InChI=1S/C60H84N4S4/c1-57(2,3)45-25-37-21-39-27-46(58(4,5)6)29-41(50(39)34-54(66)62(15)16)23-43-31-48(60(10,11)12)32-44(52(43)36-56(68)64(19)20)24-42-30-47(59(7,8)9)28-40(51(42)35-55(67)63(17)18)22-38(26-45)49(37)33-53(65)61(13)14/h25-32H,21-24,33-36H2,1-20H3. The van der Waals surface area contributed by atoms with Gasteiger partial charge in [0.2, 0.25) is 0 Å². The minimum Gasteiger partial charge on any atom is -0.372 e. The molecule has 5 rings (SSSR count). The number of hydrogen-bond acceptors (Lipinski definition) is 4. The highest BCUT2D eigenvalue weighted by Gasteiger charge is 2.29. The van der Waals surface area contributed by atoms with Gasteiger partial charge in [-0.3, -0.25) is 0 Å². The van der Waals surface area contributed by atoms with E-state index >= 15 is 0 Å². The molecule has 4 aromatic rings. The van der Waals surface area contributed by atoms with Gasteiger partial charge in [0.15, 0.2) is 0 Å². The quantitative estimate of drug-likeness (QED) is 0.141. The first-order valence-electron chi connectivity index (χ1n) is 24.6. The van der Waals surface area contributed by atoms with Gasteiger partial charge in [-0.2, -0.15) is 0 Å². The van der Waals surface area contributed by atoms with E-state index in [4.69, 9.17) is 48.9 Å². The lowest BCUT2D eigenvalue weighted by Gasteiger charge is -2.31. The highest BCUT2D eigenvalue weighted by atomic mass is 32.1. The maximum Gasteiger partial charge on any atom is 0.0818 e. The smallest absolute Gasteiger partial charge is 0.0818 e. The lowest BCUT2D eigenvalue weighted by molar-refractivity contribution is 0.585. The van der Waals surface area contributed by atoms with Crippen LogP contribution >= 0.6 is 48.9 Å². The summed E-state index contributed by atoms with van der Waals surface area (Å²) in [5, 5.41) is 0. The van der Waals surface area contributed by atoms with Crippen molar-refractivity contribution in [3.05, 3.63) is 138 Å². The van der Waals surface area contributed by atoms with E-state index in [0.717, 1.165) is 45.6 Å². The van der Waals surface area contributed by atoms with Crippen molar-refractivity contribution in [3.63, 3.8) is 0 Å². The second-order valence-electron chi connectivity index (χ2n) is 24.7. The van der Waals surface area contributed by atoms with Crippen molar-refractivity contribution < 1.29 is 0 Å². The van der Waals surface area contributed by atoms with Crippen LogP contribution in [0.3, 0.4) is 0 Å². The number of rotatable bonds is 8. The molecule has 8 heteroatoms. The Hall–Kier alpha value is -3.56. The molecule has 0 amide bonds. The zero-order valence-electron chi connectivity index (χ0n) is 45.7. The second-order valence-corrected chi connectivity index (χ2v) is 26.5. The lowest BCUT2D eigenvalue weighted by Crippen LogP contribution is -2.26. The first kappa shape index (κ1) is 55.4. The molecule has 0 heterocycles. The zero-order chi connectivity index (χ0) is 51.2. The van der Waals surface area contributed by atoms with Crippen LogP contribution in [0.1, 0.15) is 172 Å². The van der Waals surface area contributed by atoms with Crippen LogP contribution in [0, 0.1) is 0 Å². The predicted octanol–water partition coefficient (Wildman–Crippen LogP) is 13.3. The Morgan fingerprint density at radius 1 is 0.309 bits per heavy atom. The molecule has 0 aliphatic heterocycles. The maximum absolute atomic E-state index is 6.27. The number of fused-ring (bicyclic) bond motifs is 8. The van der Waals surface area contributed by atoms with Crippen molar-refractivity contribution in [1.82, 2.24) is 19.6 Å². The van der Waals surface area contributed by atoms with Crippen molar-refractivity contribution in [2.24, 2.45) is 0 Å². The molecule has 0 radical (unpaired) electrons. The zero-order valence-corrected chi connectivity index (χ0v) is 49.0. The molecule has 8 bridgehead atoms. The van der Waals surface area contributed by atoms with Gasteiger partial charge in [0, 0.05) is 82.1 Å². The van der Waals surface area contributed by atoms with E-state index in [0.29, 0.717) is 25.7 Å². The van der Waals surface area contributed by atoms with Gasteiger partial charge in [0.1, 0.15) is 0 Å². The Bertz CT molecular complexity index is 2130. The summed E-state index contributed by atoms with van der Waals surface area (Å²) in [5.74, 6) is 0. The van der Waals surface area contributed by atoms with Gasteiger partial charge in [-0.05, 0) is 136 Å². The minimum atomic E-state index is -0.0938. The van der Waals surface area contributed by atoms with Crippen molar-refractivity contribution in [1.29, 1.82) is 0 Å². The molecule has 68 heavy (non-hydrogen) atoms. The minimum absolute atomic E-state index is 0.0938. The Morgan fingerprint density at radius 2 is 0.441 bits per heavy atom. The summed E-state index contributed by atoms with van der Waals surface area (Å²) in [6.07, 6.45) is 5.78. The first-order valence-corrected chi connectivity index (χ1v) is 26.2. The molecule has 0 fully saturated rings. The van der Waals surface area contributed by atoms with Crippen molar-refractivity contribution in [2.75, 3.05) is 56.4 Å². The SMILES string of the molecule is CN(C)C(=S)Cc1c2cc(C(C)(C)C)cc1Cc1cc(C(C)(C)C)cc(c1CC(=S)N(C)C)Cc1cc(C(C)(C)C)cc(c1CC(=S)N(C)C)Cc1cc(C(C)(C)C)cc(c1CC(=S)N(C)C)C2. The lowest BCUT2D eigenvalue weighted by atomic mass is 9.75. The monoisotopic (exact) mass is 989 g/mol. The summed E-state index contributed by atoms with van der Waals surface area (Å²) in [5.41, 5.74) is 21.0. The van der Waals surface area contributed by atoms with Crippen LogP contribution in [0.15, 0.2) is 48.5 Å². The summed E-state index contributed by atoms with van der Waals surface area (Å²) < 4.78 is 0. The number of likely N-dealkylation sites (N-methyl/N-ethyl adjacent to an activating group) is 4. The van der Waals surface area contributed by atoms with E-state index in [9.17, 15) is 0 Å². The van der Waals surface area contributed by atoms with E-state index in [1.54, 1.807) is 0 Å². The third kappa shape index (κ3) is 13.4. The molecule has 0 saturated heterocycles. The van der Waals surface area contributed by atoms with Gasteiger partial charge in [0.25, 0.3) is 0 Å². The number of hydrogen-bond donors (Lipinski definition) is 0. The van der Waals surface area contributed by atoms with Gasteiger partial charge in [-0.1, -0.05) is 180 Å². The average Bonchev–Trinajstić information content (AvgIpc) is 3.19. The molecule has 368 valence electrons. The molecular formula is C60H84N4S4. The molecule has 0 N–H and O–H groups in total. The molecule has 1 aliphatic carbocycles. The molecule has 0 saturated carbocycles. The number of thiocarbonyl (C=S) groups is 4. The Labute approximate surface area is 435 Å². The third-order valence-electron chi connectivity index (χ3n) is 14.0. The maximum atomic E-state index is 6.27. The van der Waals surface area contributed by atoms with E-state index in [-0.39, 0.29) is 21.7 Å². The molecule has 4 nitrogen and oxygen atoms in total. The van der Waals surface area contributed by atoms with Crippen molar-refractivity contribution in [2.45, 2.75) is 156 Å². The van der Waals surface area contributed by atoms with Gasteiger partial charge < -0.3 is 19.6 Å². The molecule has 0 spiro atoms. The summed E-state index contributed by atoms with van der Waals surface area (Å²) in [7, 11) is 16.7. The normalized spacial score (nSPS) is 13.2. The van der Waals surface area contributed by atoms with Gasteiger partial charge in [-0.15, -0.1) is 0 Å². The van der Waals surface area contributed by atoms with Crippen LogP contribution in [0.25, 0.3) is 0 Å². The predicted molar refractivity (Wildman–Crippen MR) is 312 cm³/mol. The highest BCUT2D eigenvalue weighted by molar-refractivity contribution is 7.80. The Kier molecular flexibility index (Phi) is 17.1. The van der Waals surface area contributed by atoms with Gasteiger partial charge in [0.05, 0.1) is 20.0 Å². The highest BCUT2D eigenvalue weighted by Crippen LogP contribution is 2.39. The number of nitrogens with zero attached hydrogens (tertiary/aromatic N) is 4. The van der Waals surface area contributed by atoms with E-state index in [1.807, 2.05) is 0 Å². The molecule has 4 aromatic carbocycles. The summed E-state index contributed by atoms with van der Waals surface area (Å²) >= 11 is 25.1. The number of benzene rings is 4. The van der Waals surface area contributed by atoms with E-state index < -0.39 is 0 Å². The topological polar surface area (TPSA) is 13.0 Å². The molecule has 1 aliphatic rings. The van der Waals surface area contributed by atoms with Crippen LogP contribution < -0.4 is 0 Å². The third-order valence-corrected chi connectivity index (χ3v) is 16.1. The van der Waals surface area contributed by atoms with Crippen molar-refractivity contribution >= 4 is 68.8 Å². The fraction of sp³-hybridized carbons (Fsp3) is 0.533. The molecule has 0 atom stereocenters. The van der Waals surface area contributed by atoms with Crippen LogP contribution in [-0.2, 0) is 73.0 Å². The summed E-state index contributed by atoms with van der Waals surface area (Å²) in [6.45, 7) is 28.2. The summed E-state index contributed by atoms with van der Waals surface area (Å²) in [4.78, 5) is 12.2. The van der Waals surface area contributed by atoms with Crippen LogP contribution in [0.4, 0.5) is 0 Å². The molecule has 0 unspecified atom stereocenters. The van der Waals surface area contributed by atoms with E-state index in [2.05, 4.69) is 208 Å². The van der Waals surface area contributed by atoms with Crippen LogP contribution in [-0.4, -0.2) is 95.9 Å². The average molecular weight is 990 g/mol. The van der Waals surface area contributed by atoms with E-state index in [1.165, 1.54) is 89.0 Å². The van der Waals surface area contributed by atoms with Gasteiger partial charge in [-0.25, -0.2) is 0 Å². The Balaban J connectivity index is 2.12. The van der Waals surface area contributed by atoms with Crippen LogP contribution in [0.2, 0.25) is 0 Å². The first-order chi connectivity index (χ1) is 31.1. The fourth-order valence-corrected chi connectivity index (χ4v) is 9.73. The Morgan fingerprint density at radius 3 is 0.544 bits per heavy atom.